The average molecular weight is 335 g/mol. The number of nitrogens with zero attached hydrogens (tertiary/aromatic N) is 2. The molecule has 5 heteroatoms. The fourth-order valence-corrected chi connectivity index (χ4v) is 3.32. The van der Waals surface area contributed by atoms with Crippen molar-refractivity contribution >= 4 is 17.3 Å². The topological polar surface area (TPSA) is 46.9 Å². The summed E-state index contributed by atoms with van der Waals surface area (Å²) in [6.45, 7) is 2.06. The van der Waals surface area contributed by atoms with Gasteiger partial charge in [0.05, 0.1) is 22.6 Å². The highest BCUT2D eigenvalue weighted by Crippen LogP contribution is 2.34. The molecule has 2 aromatic carbocycles. The number of hydrogen-bond acceptors (Lipinski definition) is 3. The molecule has 4 rings (SSSR count). The first-order chi connectivity index (χ1) is 12.1. The molecule has 1 N–H and O–H groups in total. The predicted molar refractivity (Wildman–Crippen MR) is 95.1 cm³/mol. The van der Waals surface area contributed by atoms with Crippen LogP contribution >= 0.6 is 0 Å². The van der Waals surface area contributed by atoms with Gasteiger partial charge in [-0.15, -0.1) is 5.10 Å². The van der Waals surface area contributed by atoms with Gasteiger partial charge in [-0.3, -0.25) is 4.79 Å². The van der Waals surface area contributed by atoms with E-state index in [1.807, 2.05) is 30.3 Å². The Morgan fingerprint density at radius 3 is 2.56 bits per heavy atom. The maximum absolute atomic E-state index is 14.0. The lowest BCUT2D eigenvalue weighted by molar-refractivity contribution is 0.0953. The second kappa shape index (κ2) is 6.16. The molecule has 1 aliphatic rings. The summed E-state index contributed by atoms with van der Waals surface area (Å²) in [4.78, 5) is 12.6. The van der Waals surface area contributed by atoms with Crippen LogP contribution in [0.1, 0.15) is 29.4 Å². The first kappa shape index (κ1) is 15.6. The van der Waals surface area contributed by atoms with Crippen LogP contribution in [0, 0.1) is 11.7 Å². The van der Waals surface area contributed by atoms with E-state index in [4.69, 9.17) is 0 Å². The van der Waals surface area contributed by atoms with Crippen LogP contribution in [0.15, 0.2) is 54.6 Å². The van der Waals surface area contributed by atoms with Gasteiger partial charge in [-0.05, 0) is 36.6 Å². The molecule has 0 bridgehead atoms. The van der Waals surface area contributed by atoms with Gasteiger partial charge in [-0.1, -0.05) is 37.3 Å². The summed E-state index contributed by atoms with van der Waals surface area (Å²) in [6.07, 6.45) is 1.25. The van der Waals surface area contributed by atoms with Crippen molar-refractivity contribution in [2.75, 3.05) is 5.32 Å². The summed E-state index contributed by atoms with van der Waals surface area (Å²) in [5.41, 5.74) is 2.66. The zero-order valence-electron chi connectivity index (χ0n) is 13.9. The van der Waals surface area contributed by atoms with Crippen LogP contribution in [0.3, 0.4) is 0 Å². The Morgan fingerprint density at radius 1 is 1.08 bits per heavy atom. The van der Waals surface area contributed by atoms with Gasteiger partial charge in [0.2, 0.25) is 0 Å². The van der Waals surface area contributed by atoms with Crippen molar-refractivity contribution in [3.05, 3.63) is 71.7 Å². The molecule has 1 aromatic heterocycles. The minimum absolute atomic E-state index is 0.0507. The molecule has 0 saturated carbocycles. The third-order valence-corrected chi connectivity index (χ3v) is 4.46. The molecule has 0 spiro atoms. The molecule has 4 nitrogen and oxygen atoms in total. The fraction of sp³-hybridized carbons (Fsp3) is 0.200. The Kier molecular flexibility index (Phi) is 3.84. The van der Waals surface area contributed by atoms with E-state index in [2.05, 4.69) is 17.3 Å². The molecule has 0 radical (unpaired) electrons. The SMILES string of the molecule is C[C@H]1CC(=O)c2c(Nc3ccccc3F)nn(-c3ccccc3)c2C1. The van der Waals surface area contributed by atoms with E-state index in [1.54, 1.807) is 22.9 Å². The van der Waals surface area contributed by atoms with Crippen molar-refractivity contribution in [1.82, 2.24) is 9.78 Å². The predicted octanol–water partition coefficient (Wildman–Crippen LogP) is 4.52. The molecule has 1 heterocycles. The van der Waals surface area contributed by atoms with E-state index < -0.39 is 0 Å². The quantitative estimate of drug-likeness (QED) is 0.765. The van der Waals surface area contributed by atoms with Gasteiger partial charge in [-0.25, -0.2) is 9.07 Å². The number of nitrogens with one attached hydrogen (secondary N) is 1. The average Bonchev–Trinajstić information content (AvgIpc) is 2.96. The van der Waals surface area contributed by atoms with E-state index in [0.717, 1.165) is 17.8 Å². The number of rotatable bonds is 3. The number of benzene rings is 2. The number of halogens is 1. The van der Waals surface area contributed by atoms with Gasteiger partial charge in [-0.2, -0.15) is 0 Å². The van der Waals surface area contributed by atoms with Crippen molar-refractivity contribution in [2.24, 2.45) is 5.92 Å². The number of fused-ring (bicyclic) bond motifs is 1. The van der Waals surface area contributed by atoms with Gasteiger partial charge >= 0.3 is 0 Å². The molecule has 0 saturated heterocycles. The first-order valence-corrected chi connectivity index (χ1v) is 8.35. The summed E-state index contributed by atoms with van der Waals surface area (Å²) in [6, 6.07) is 16.1. The number of Topliss-reactive ketones (excluding diaryl/α,β-unsaturated/α-hetero) is 1. The highest BCUT2D eigenvalue weighted by Gasteiger charge is 2.31. The molecule has 0 fully saturated rings. The van der Waals surface area contributed by atoms with Crippen LogP contribution < -0.4 is 5.32 Å². The zero-order chi connectivity index (χ0) is 17.4. The van der Waals surface area contributed by atoms with Crippen LogP contribution in [-0.2, 0) is 6.42 Å². The second-order valence-corrected chi connectivity index (χ2v) is 6.46. The molecule has 0 unspecified atom stereocenters. The molecule has 126 valence electrons. The summed E-state index contributed by atoms with van der Waals surface area (Å²) >= 11 is 0. The maximum Gasteiger partial charge on any atom is 0.168 e. The molecule has 0 amide bonds. The molecule has 1 aliphatic carbocycles. The lowest BCUT2D eigenvalue weighted by Crippen LogP contribution is -2.19. The third kappa shape index (κ3) is 2.82. The zero-order valence-corrected chi connectivity index (χ0v) is 13.9. The van der Waals surface area contributed by atoms with E-state index >= 15 is 0 Å². The number of anilines is 2. The van der Waals surface area contributed by atoms with Gasteiger partial charge in [0.25, 0.3) is 0 Å². The molecule has 0 aliphatic heterocycles. The molecule has 1 atom stereocenters. The molecule has 25 heavy (non-hydrogen) atoms. The summed E-state index contributed by atoms with van der Waals surface area (Å²) in [7, 11) is 0. The first-order valence-electron chi connectivity index (χ1n) is 8.35. The monoisotopic (exact) mass is 335 g/mol. The van der Waals surface area contributed by atoms with Crippen molar-refractivity contribution in [2.45, 2.75) is 19.8 Å². The molecular weight excluding hydrogens is 317 g/mol. The summed E-state index contributed by atoms with van der Waals surface area (Å²) < 4.78 is 15.8. The number of ketones is 1. The smallest absolute Gasteiger partial charge is 0.168 e. The Bertz CT molecular complexity index is 933. The summed E-state index contributed by atoms with van der Waals surface area (Å²) in [5.74, 6) is 0.359. The van der Waals surface area contributed by atoms with Crippen LogP contribution in [0.4, 0.5) is 15.9 Å². The fourth-order valence-electron chi connectivity index (χ4n) is 3.32. The van der Waals surface area contributed by atoms with E-state index in [9.17, 15) is 9.18 Å². The molecular formula is C20H18FN3O. The van der Waals surface area contributed by atoms with Gasteiger partial charge < -0.3 is 5.32 Å². The van der Waals surface area contributed by atoms with Crippen LogP contribution in [0.25, 0.3) is 5.69 Å². The van der Waals surface area contributed by atoms with Crippen molar-refractivity contribution in [3.8, 4) is 5.69 Å². The standard InChI is InChI=1S/C20H18FN3O/c1-13-11-17-19(18(25)12-13)20(22-16-10-6-5-9-15(16)21)23-24(17)14-7-3-2-4-8-14/h2-10,13H,11-12H2,1H3,(H,22,23)/t13-/m1/s1. The third-order valence-electron chi connectivity index (χ3n) is 4.46. The lowest BCUT2D eigenvalue weighted by Gasteiger charge is -2.19. The Morgan fingerprint density at radius 2 is 1.80 bits per heavy atom. The van der Waals surface area contributed by atoms with E-state index in [1.165, 1.54) is 6.07 Å². The minimum atomic E-state index is -0.373. The van der Waals surface area contributed by atoms with Gasteiger partial charge in [0.1, 0.15) is 5.82 Å². The number of aromatic nitrogens is 2. The number of carbonyl (C=O) groups is 1. The van der Waals surface area contributed by atoms with Crippen molar-refractivity contribution < 1.29 is 9.18 Å². The summed E-state index contributed by atoms with van der Waals surface area (Å²) in [5, 5.41) is 7.61. The van der Waals surface area contributed by atoms with E-state index in [-0.39, 0.29) is 17.5 Å². The van der Waals surface area contributed by atoms with Gasteiger partial charge in [0, 0.05) is 6.42 Å². The Balaban J connectivity index is 1.85. The normalized spacial score (nSPS) is 16.6. The number of carbonyl (C=O) groups excluding carboxylic acids is 1. The number of hydrogen-bond donors (Lipinski definition) is 1. The van der Waals surface area contributed by atoms with Crippen LogP contribution in [-0.4, -0.2) is 15.6 Å². The maximum atomic E-state index is 14.0. The van der Waals surface area contributed by atoms with Crippen molar-refractivity contribution in [3.63, 3.8) is 0 Å². The molecule has 3 aromatic rings. The largest absolute Gasteiger partial charge is 0.336 e. The lowest BCUT2D eigenvalue weighted by atomic mass is 9.87. The highest BCUT2D eigenvalue weighted by atomic mass is 19.1. The van der Waals surface area contributed by atoms with Crippen LogP contribution in [0.5, 0.6) is 0 Å². The highest BCUT2D eigenvalue weighted by molar-refractivity contribution is 6.03. The minimum Gasteiger partial charge on any atom is -0.336 e. The van der Waals surface area contributed by atoms with Gasteiger partial charge in [0.15, 0.2) is 11.6 Å². The Hall–Kier alpha value is -2.95. The van der Waals surface area contributed by atoms with Crippen LogP contribution in [0.2, 0.25) is 0 Å². The van der Waals surface area contributed by atoms with Crippen molar-refractivity contribution in [1.29, 1.82) is 0 Å². The second-order valence-electron chi connectivity index (χ2n) is 6.46. The Labute approximate surface area is 145 Å². The van der Waals surface area contributed by atoms with E-state index in [0.29, 0.717) is 23.5 Å². The number of para-hydroxylation sites is 2.